The summed E-state index contributed by atoms with van der Waals surface area (Å²) in [5, 5.41) is 21.3. The Labute approximate surface area is 152 Å². The highest BCUT2D eigenvalue weighted by Gasteiger charge is 2.51. The third-order valence-corrected chi connectivity index (χ3v) is 9.75. The van der Waals surface area contributed by atoms with Crippen molar-refractivity contribution in [2.45, 2.75) is 44.8 Å². The predicted molar refractivity (Wildman–Crippen MR) is 106 cm³/mol. The standard InChI is InChI=1S/C21H30O3Si/c1-21(2,3)25(19-10-6-4-7-11-19,20-12-8-5-9-13-20)24-18(14-16-22)15-17-23/h4-13,18,22-23H,14-17H2,1-3H3. The van der Waals surface area contributed by atoms with Crippen LogP contribution in [0.1, 0.15) is 33.6 Å². The minimum atomic E-state index is -2.61. The van der Waals surface area contributed by atoms with Crippen molar-refractivity contribution in [3.05, 3.63) is 60.7 Å². The summed E-state index contributed by atoms with van der Waals surface area (Å²) in [7, 11) is -2.61. The molecule has 2 rings (SSSR count). The molecule has 0 aliphatic rings. The molecule has 0 fully saturated rings. The van der Waals surface area contributed by atoms with Gasteiger partial charge >= 0.3 is 0 Å². The van der Waals surface area contributed by atoms with Crippen LogP contribution in [0.15, 0.2) is 60.7 Å². The molecule has 3 nitrogen and oxygen atoms in total. The summed E-state index contributed by atoms with van der Waals surface area (Å²) < 4.78 is 6.87. The van der Waals surface area contributed by atoms with Gasteiger partial charge in [-0.05, 0) is 28.3 Å². The number of benzene rings is 2. The Morgan fingerprint density at radius 3 is 1.52 bits per heavy atom. The Morgan fingerprint density at radius 1 is 0.800 bits per heavy atom. The molecule has 0 heterocycles. The first kappa shape index (κ1) is 19.9. The Bertz CT molecular complexity index is 577. The Hall–Kier alpha value is -1.46. The normalized spacial score (nSPS) is 12.6. The van der Waals surface area contributed by atoms with Crippen LogP contribution in [-0.2, 0) is 4.43 Å². The molecule has 2 aromatic rings. The van der Waals surface area contributed by atoms with Gasteiger partial charge in [-0.25, -0.2) is 0 Å². The number of aliphatic hydroxyl groups is 2. The van der Waals surface area contributed by atoms with Crippen LogP contribution in [0.5, 0.6) is 0 Å². The molecule has 136 valence electrons. The maximum atomic E-state index is 9.46. The van der Waals surface area contributed by atoms with Gasteiger partial charge in [-0.15, -0.1) is 0 Å². The van der Waals surface area contributed by atoms with E-state index in [1.54, 1.807) is 0 Å². The summed E-state index contributed by atoms with van der Waals surface area (Å²) >= 11 is 0. The highest BCUT2D eigenvalue weighted by molar-refractivity contribution is 6.99. The maximum Gasteiger partial charge on any atom is 0.261 e. The fourth-order valence-electron chi connectivity index (χ4n) is 3.49. The predicted octanol–water partition coefficient (Wildman–Crippen LogP) is 2.70. The zero-order valence-corrected chi connectivity index (χ0v) is 16.5. The zero-order valence-electron chi connectivity index (χ0n) is 15.5. The van der Waals surface area contributed by atoms with Gasteiger partial charge in [0.15, 0.2) is 0 Å². The molecule has 0 saturated carbocycles. The molecule has 25 heavy (non-hydrogen) atoms. The van der Waals surface area contributed by atoms with E-state index in [9.17, 15) is 10.2 Å². The van der Waals surface area contributed by atoms with Crippen molar-refractivity contribution in [3.63, 3.8) is 0 Å². The van der Waals surface area contributed by atoms with Crippen molar-refractivity contribution >= 4 is 18.7 Å². The lowest BCUT2D eigenvalue weighted by Gasteiger charge is -2.45. The number of hydrogen-bond donors (Lipinski definition) is 2. The van der Waals surface area contributed by atoms with Gasteiger partial charge in [-0.3, -0.25) is 0 Å². The molecule has 0 unspecified atom stereocenters. The molecule has 0 saturated heterocycles. The van der Waals surface area contributed by atoms with Crippen molar-refractivity contribution in [1.82, 2.24) is 0 Å². The van der Waals surface area contributed by atoms with Crippen molar-refractivity contribution in [2.24, 2.45) is 0 Å². The first-order valence-electron chi connectivity index (χ1n) is 8.96. The summed E-state index contributed by atoms with van der Waals surface area (Å²) in [6.45, 7) is 6.81. The highest BCUT2D eigenvalue weighted by Crippen LogP contribution is 2.38. The van der Waals surface area contributed by atoms with Crippen LogP contribution in [0.3, 0.4) is 0 Å². The van der Waals surface area contributed by atoms with Crippen LogP contribution >= 0.6 is 0 Å². The second-order valence-electron chi connectivity index (χ2n) is 7.43. The molecule has 0 atom stereocenters. The zero-order chi connectivity index (χ0) is 18.3. The summed E-state index contributed by atoms with van der Waals surface area (Å²) in [6, 6.07) is 20.9. The number of rotatable bonds is 8. The highest BCUT2D eigenvalue weighted by atomic mass is 28.4. The van der Waals surface area contributed by atoms with E-state index >= 15 is 0 Å². The average Bonchev–Trinajstić information content (AvgIpc) is 2.60. The molecule has 0 radical (unpaired) electrons. The smallest absolute Gasteiger partial charge is 0.261 e. The summed E-state index contributed by atoms with van der Waals surface area (Å²) in [5.41, 5.74) is 0. The first-order chi connectivity index (χ1) is 12.0. The van der Waals surface area contributed by atoms with E-state index in [2.05, 4.69) is 69.3 Å². The van der Waals surface area contributed by atoms with Crippen molar-refractivity contribution in [1.29, 1.82) is 0 Å². The van der Waals surface area contributed by atoms with E-state index in [1.807, 2.05) is 12.1 Å². The molecule has 2 aromatic carbocycles. The van der Waals surface area contributed by atoms with E-state index in [0.717, 1.165) is 0 Å². The summed E-state index contributed by atoms with van der Waals surface area (Å²) in [6.07, 6.45) is 0.900. The van der Waals surface area contributed by atoms with Gasteiger partial charge in [-0.2, -0.15) is 0 Å². The molecular formula is C21H30O3Si. The second kappa shape index (κ2) is 8.76. The Kier molecular flexibility index (Phi) is 6.96. The van der Waals surface area contributed by atoms with Crippen molar-refractivity contribution in [3.8, 4) is 0 Å². The largest absolute Gasteiger partial charge is 0.404 e. The lowest BCUT2D eigenvalue weighted by atomic mass is 10.2. The lowest BCUT2D eigenvalue weighted by molar-refractivity contribution is 0.114. The molecule has 0 spiro atoms. The molecule has 4 heteroatoms. The fourth-order valence-corrected chi connectivity index (χ4v) is 8.24. The van der Waals surface area contributed by atoms with Gasteiger partial charge in [0.05, 0.1) is 6.10 Å². The molecule has 2 N–H and O–H groups in total. The lowest BCUT2D eigenvalue weighted by Crippen LogP contribution is -2.67. The quantitative estimate of drug-likeness (QED) is 0.714. The third kappa shape index (κ3) is 4.39. The van der Waals surface area contributed by atoms with E-state index in [0.29, 0.717) is 12.8 Å². The van der Waals surface area contributed by atoms with E-state index < -0.39 is 8.32 Å². The SMILES string of the molecule is CC(C)(C)[Si](OC(CCO)CCO)(c1ccccc1)c1ccccc1. The topological polar surface area (TPSA) is 49.7 Å². The minimum Gasteiger partial charge on any atom is -0.404 e. The van der Waals surface area contributed by atoms with Crippen LogP contribution < -0.4 is 10.4 Å². The average molecular weight is 359 g/mol. The Morgan fingerprint density at radius 2 is 1.20 bits per heavy atom. The number of hydrogen-bond acceptors (Lipinski definition) is 3. The molecule has 0 aliphatic carbocycles. The molecule has 0 amide bonds. The molecule has 0 aliphatic heterocycles. The van der Waals surface area contributed by atoms with Crippen LogP contribution in [0.2, 0.25) is 5.04 Å². The third-order valence-electron chi connectivity index (χ3n) is 4.66. The Balaban J connectivity index is 2.63. The van der Waals surface area contributed by atoms with Gasteiger partial charge in [0.25, 0.3) is 8.32 Å². The van der Waals surface area contributed by atoms with Crippen LogP contribution in [0.4, 0.5) is 0 Å². The van der Waals surface area contributed by atoms with Crippen molar-refractivity contribution < 1.29 is 14.6 Å². The summed E-state index contributed by atoms with van der Waals surface area (Å²) in [5.74, 6) is 0. The van der Waals surface area contributed by atoms with Crippen LogP contribution in [0, 0.1) is 0 Å². The molecular weight excluding hydrogens is 328 g/mol. The van der Waals surface area contributed by atoms with Gasteiger partial charge in [0.1, 0.15) is 0 Å². The van der Waals surface area contributed by atoms with Crippen molar-refractivity contribution in [2.75, 3.05) is 13.2 Å². The second-order valence-corrected chi connectivity index (χ2v) is 11.7. The maximum absolute atomic E-state index is 9.46. The van der Waals surface area contributed by atoms with Gasteiger partial charge < -0.3 is 14.6 Å². The van der Waals surface area contributed by atoms with E-state index in [1.165, 1.54) is 10.4 Å². The monoisotopic (exact) mass is 358 g/mol. The fraction of sp³-hybridized carbons (Fsp3) is 0.429. The molecule has 0 aromatic heterocycles. The van der Waals surface area contributed by atoms with Crippen LogP contribution in [0.25, 0.3) is 0 Å². The number of aliphatic hydroxyl groups excluding tert-OH is 2. The van der Waals surface area contributed by atoms with Crippen LogP contribution in [-0.4, -0.2) is 37.8 Å². The van der Waals surface area contributed by atoms with E-state index in [4.69, 9.17) is 4.43 Å². The summed E-state index contributed by atoms with van der Waals surface area (Å²) in [4.78, 5) is 0. The first-order valence-corrected chi connectivity index (χ1v) is 10.9. The minimum absolute atomic E-state index is 0.0584. The van der Waals surface area contributed by atoms with Gasteiger partial charge in [0.2, 0.25) is 0 Å². The van der Waals surface area contributed by atoms with Gasteiger partial charge in [0, 0.05) is 13.2 Å². The van der Waals surface area contributed by atoms with E-state index in [-0.39, 0.29) is 24.4 Å². The van der Waals surface area contributed by atoms with Gasteiger partial charge in [-0.1, -0.05) is 81.4 Å². The molecule has 0 bridgehead atoms.